The fourth-order valence-corrected chi connectivity index (χ4v) is 2.97. The molecule has 0 spiro atoms. The van der Waals surface area contributed by atoms with Gasteiger partial charge < -0.3 is 9.47 Å². The molecule has 0 aliphatic heterocycles. The second-order valence-corrected chi connectivity index (χ2v) is 5.96. The second-order valence-electron chi connectivity index (χ2n) is 4.76. The number of nitrogens with zero attached hydrogens (tertiary/aromatic N) is 2. The van der Waals surface area contributed by atoms with Crippen molar-refractivity contribution >= 4 is 27.5 Å². The van der Waals surface area contributed by atoms with Crippen LogP contribution in [-0.4, -0.2) is 35.8 Å². The average Bonchev–Trinajstić information content (AvgIpc) is 2.75. The quantitative estimate of drug-likeness (QED) is 0.622. The Hall–Kier alpha value is -1.73. The predicted octanol–water partition coefficient (Wildman–Crippen LogP) is 1.83. The van der Waals surface area contributed by atoms with Crippen LogP contribution in [0, 0.1) is 13.8 Å². The minimum atomic E-state index is -0.717. The van der Waals surface area contributed by atoms with Crippen molar-refractivity contribution in [1.82, 2.24) is 9.55 Å². The first-order valence-electron chi connectivity index (χ1n) is 6.59. The van der Waals surface area contributed by atoms with Gasteiger partial charge in [-0.1, -0.05) is 0 Å². The number of rotatable bonds is 5. The van der Waals surface area contributed by atoms with Crippen LogP contribution in [0.5, 0.6) is 0 Å². The molecule has 1 atom stereocenters. The standard InChI is InChI=1S/C14H18N2O4S/c1-8-10(3)21-12-11(8)13(17)16(7-15-12)9(2)14(18)20-6-5-19-4/h7,9H,5-6H2,1-4H3. The van der Waals surface area contributed by atoms with Gasteiger partial charge in [-0.25, -0.2) is 9.78 Å². The fourth-order valence-electron chi connectivity index (χ4n) is 1.98. The number of fused-ring (bicyclic) bond motifs is 1. The van der Waals surface area contributed by atoms with Gasteiger partial charge in [-0.2, -0.15) is 0 Å². The number of aromatic nitrogens is 2. The molecule has 2 aromatic heterocycles. The highest BCUT2D eigenvalue weighted by Gasteiger charge is 2.20. The molecule has 0 N–H and O–H groups in total. The smallest absolute Gasteiger partial charge is 0.329 e. The Labute approximate surface area is 126 Å². The Balaban J connectivity index is 2.34. The summed E-state index contributed by atoms with van der Waals surface area (Å²) in [6.45, 7) is 5.96. The summed E-state index contributed by atoms with van der Waals surface area (Å²) in [6.07, 6.45) is 1.41. The molecular weight excluding hydrogens is 292 g/mol. The van der Waals surface area contributed by atoms with Gasteiger partial charge in [0.15, 0.2) is 0 Å². The summed E-state index contributed by atoms with van der Waals surface area (Å²) in [5.41, 5.74) is 0.708. The van der Waals surface area contributed by atoms with Crippen molar-refractivity contribution < 1.29 is 14.3 Å². The van der Waals surface area contributed by atoms with E-state index in [0.29, 0.717) is 16.8 Å². The lowest BCUT2D eigenvalue weighted by molar-refractivity contribution is -0.148. The molecule has 0 aliphatic rings. The van der Waals surface area contributed by atoms with Gasteiger partial charge in [0.1, 0.15) is 17.5 Å². The van der Waals surface area contributed by atoms with Gasteiger partial charge in [0.2, 0.25) is 0 Å². The third-order valence-electron chi connectivity index (χ3n) is 3.40. The Morgan fingerprint density at radius 1 is 1.43 bits per heavy atom. The lowest BCUT2D eigenvalue weighted by Gasteiger charge is -2.13. The summed E-state index contributed by atoms with van der Waals surface area (Å²) in [5.74, 6) is -0.472. The van der Waals surface area contributed by atoms with Crippen LogP contribution < -0.4 is 5.56 Å². The third kappa shape index (κ3) is 2.98. The van der Waals surface area contributed by atoms with E-state index in [0.717, 1.165) is 10.4 Å². The van der Waals surface area contributed by atoms with E-state index in [1.54, 1.807) is 6.92 Å². The molecule has 0 radical (unpaired) electrons. The Bertz CT molecular complexity index is 720. The first-order chi connectivity index (χ1) is 9.97. The van der Waals surface area contributed by atoms with Crippen molar-refractivity contribution in [1.29, 1.82) is 0 Å². The first kappa shape index (κ1) is 15.7. The van der Waals surface area contributed by atoms with Crippen LogP contribution in [0.15, 0.2) is 11.1 Å². The van der Waals surface area contributed by atoms with Crippen LogP contribution in [0.4, 0.5) is 0 Å². The SMILES string of the molecule is COCCOC(=O)C(C)n1cnc2sc(C)c(C)c2c1=O. The van der Waals surface area contributed by atoms with Crippen LogP contribution in [0.1, 0.15) is 23.4 Å². The van der Waals surface area contributed by atoms with Gasteiger partial charge in [-0.05, 0) is 26.3 Å². The van der Waals surface area contributed by atoms with E-state index in [1.165, 1.54) is 29.3 Å². The number of carbonyl (C=O) groups is 1. The van der Waals surface area contributed by atoms with Gasteiger partial charge in [-0.15, -0.1) is 11.3 Å². The minimum absolute atomic E-state index is 0.167. The van der Waals surface area contributed by atoms with E-state index in [-0.39, 0.29) is 12.2 Å². The predicted molar refractivity (Wildman–Crippen MR) is 80.9 cm³/mol. The topological polar surface area (TPSA) is 70.4 Å². The molecule has 21 heavy (non-hydrogen) atoms. The Morgan fingerprint density at radius 2 is 2.14 bits per heavy atom. The summed E-state index contributed by atoms with van der Waals surface area (Å²) in [6, 6.07) is -0.717. The summed E-state index contributed by atoms with van der Waals surface area (Å²) in [5, 5.41) is 0.580. The molecule has 0 saturated carbocycles. The number of carbonyl (C=O) groups excluding carboxylic acids is 1. The maximum atomic E-state index is 12.5. The van der Waals surface area contributed by atoms with Gasteiger partial charge in [-0.3, -0.25) is 9.36 Å². The minimum Gasteiger partial charge on any atom is -0.462 e. The summed E-state index contributed by atoms with van der Waals surface area (Å²) in [7, 11) is 1.53. The molecule has 0 bridgehead atoms. The highest BCUT2D eigenvalue weighted by Crippen LogP contribution is 2.25. The number of esters is 1. The van der Waals surface area contributed by atoms with Gasteiger partial charge >= 0.3 is 5.97 Å². The number of hydrogen-bond acceptors (Lipinski definition) is 6. The number of ether oxygens (including phenoxy) is 2. The highest BCUT2D eigenvalue weighted by molar-refractivity contribution is 7.18. The number of aryl methyl sites for hydroxylation is 2. The lowest BCUT2D eigenvalue weighted by Crippen LogP contribution is -2.30. The molecule has 2 aromatic rings. The van der Waals surface area contributed by atoms with Crippen molar-refractivity contribution in [3.63, 3.8) is 0 Å². The van der Waals surface area contributed by atoms with Crippen molar-refractivity contribution in [2.45, 2.75) is 26.8 Å². The monoisotopic (exact) mass is 310 g/mol. The molecular formula is C14H18N2O4S. The highest BCUT2D eigenvalue weighted by atomic mass is 32.1. The summed E-state index contributed by atoms with van der Waals surface area (Å²) < 4.78 is 11.2. The largest absolute Gasteiger partial charge is 0.462 e. The van der Waals surface area contributed by atoms with E-state index in [9.17, 15) is 9.59 Å². The zero-order valence-electron chi connectivity index (χ0n) is 12.5. The number of thiophene rings is 1. The molecule has 2 heterocycles. The maximum Gasteiger partial charge on any atom is 0.329 e. The Kier molecular flexibility index (Phi) is 4.74. The average molecular weight is 310 g/mol. The Morgan fingerprint density at radius 3 is 2.81 bits per heavy atom. The van der Waals surface area contributed by atoms with Crippen LogP contribution in [-0.2, 0) is 14.3 Å². The van der Waals surface area contributed by atoms with E-state index in [2.05, 4.69) is 4.98 Å². The van der Waals surface area contributed by atoms with Gasteiger partial charge in [0, 0.05) is 12.0 Å². The molecule has 0 amide bonds. The molecule has 2 rings (SSSR count). The van der Waals surface area contributed by atoms with E-state index >= 15 is 0 Å². The summed E-state index contributed by atoms with van der Waals surface area (Å²) >= 11 is 1.48. The van der Waals surface area contributed by atoms with Crippen molar-refractivity contribution in [3.05, 3.63) is 27.1 Å². The molecule has 114 valence electrons. The van der Waals surface area contributed by atoms with Crippen LogP contribution in [0.3, 0.4) is 0 Å². The van der Waals surface area contributed by atoms with Crippen molar-refractivity contribution in [2.24, 2.45) is 0 Å². The summed E-state index contributed by atoms with van der Waals surface area (Å²) in [4.78, 5) is 30.5. The number of methoxy groups -OCH3 is 1. The van der Waals surface area contributed by atoms with E-state index < -0.39 is 12.0 Å². The number of hydrogen-bond donors (Lipinski definition) is 0. The van der Waals surface area contributed by atoms with Crippen LogP contribution in [0.25, 0.3) is 10.2 Å². The van der Waals surface area contributed by atoms with Crippen molar-refractivity contribution in [3.8, 4) is 0 Å². The zero-order chi connectivity index (χ0) is 15.6. The third-order valence-corrected chi connectivity index (χ3v) is 4.52. The van der Waals surface area contributed by atoms with Crippen LogP contribution >= 0.6 is 11.3 Å². The van der Waals surface area contributed by atoms with E-state index in [1.807, 2.05) is 13.8 Å². The fraction of sp³-hybridized carbons (Fsp3) is 0.500. The van der Waals surface area contributed by atoms with Gasteiger partial charge in [0.05, 0.1) is 18.3 Å². The van der Waals surface area contributed by atoms with Crippen LogP contribution in [0.2, 0.25) is 0 Å². The lowest BCUT2D eigenvalue weighted by atomic mass is 10.2. The van der Waals surface area contributed by atoms with E-state index in [4.69, 9.17) is 9.47 Å². The molecule has 0 aliphatic carbocycles. The molecule has 0 fully saturated rings. The maximum absolute atomic E-state index is 12.5. The molecule has 7 heteroatoms. The van der Waals surface area contributed by atoms with Gasteiger partial charge in [0.25, 0.3) is 5.56 Å². The first-order valence-corrected chi connectivity index (χ1v) is 7.41. The zero-order valence-corrected chi connectivity index (χ0v) is 13.3. The molecule has 1 unspecified atom stereocenters. The van der Waals surface area contributed by atoms with Crippen molar-refractivity contribution in [2.75, 3.05) is 20.3 Å². The molecule has 6 nitrogen and oxygen atoms in total. The molecule has 0 aromatic carbocycles. The second kappa shape index (κ2) is 6.36. The molecule has 0 saturated heterocycles. The normalized spacial score (nSPS) is 12.6.